The summed E-state index contributed by atoms with van der Waals surface area (Å²) < 4.78 is 2.10. The molecule has 4 aliphatic rings. The van der Waals surface area contributed by atoms with Crippen LogP contribution in [0.3, 0.4) is 0 Å². The summed E-state index contributed by atoms with van der Waals surface area (Å²) in [6, 6.07) is 0.493. The number of H-pyrrole nitrogens is 2. The first kappa shape index (κ1) is 26.6. The van der Waals surface area contributed by atoms with E-state index in [9.17, 15) is 14.4 Å². The molecule has 3 aliphatic carbocycles. The lowest BCUT2D eigenvalue weighted by Gasteiger charge is -2.47. The van der Waals surface area contributed by atoms with Crippen LogP contribution in [0.5, 0.6) is 0 Å². The van der Waals surface area contributed by atoms with Gasteiger partial charge in [0.1, 0.15) is 6.04 Å². The van der Waals surface area contributed by atoms with Crippen LogP contribution in [-0.2, 0) is 9.59 Å². The normalized spacial score (nSPS) is 25.6. The number of carbonyl (C=O) groups is 2. The Morgan fingerprint density at radius 2 is 1.77 bits per heavy atom. The molecule has 3 atom stereocenters. The Kier molecular flexibility index (Phi) is 8.10. The fourth-order valence-corrected chi connectivity index (χ4v) is 7.98. The molecule has 2 aromatic rings. The second-order valence-corrected chi connectivity index (χ2v) is 12.6. The van der Waals surface area contributed by atoms with E-state index in [0.29, 0.717) is 24.3 Å². The quantitative estimate of drug-likeness (QED) is 0.426. The molecule has 1 saturated heterocycles. The number of hydrogen-bond donors (Lipinski definition) is 3. The Hall–Kier alpha value is -2.60. The van der Waals surface area contributed by atoms with Gasteiger partial charge in [-0.15, -0.1) is 5.10 Å². The highest BCUT2D eigenvalue weighted by molar-refractivity contribution is 7.99. The van der Waals surface area contributed by atoms with Crippen molar-refractivity contribution >= 4 is 23.6 Å². The van der Waals surface area contributed by atoms with Crippen molar-refractivity contribution < 1.29 is 9.59 Å². The number of nitrogens with zero attached hydrogens (tertiary/aromatic N) is 5. The fraction of sp³-hybridized carbons (Fsp3) is 0.741. The zero-order chi connectivity index (χ0) is 26.8. The molecule has 6 rings (SSSR count). The number of amides is 2. The molecule has 0 spiro atoms. The number of rotatable bonds is 8. The lowest BCUT2D eigenvalue weighted by Crippen LogP contribution is -2.61. The summed E-state index contributed by atoms with van der Waals surface area (Å²) in [6.45, 7) is 1.23. The molecule has 3 N–H and O–H groups in total. The molecule has 2 aromatic heterocycles. The molecular formula is C27H40N8O3S. The Bertz CT molecular complexity index is 1200. The monoisotopic (exact) mass is 556 g/mol. The van der Waals surface area contributed by atoms with Crippen LogP contribution in [0.15, 0.2) is 22.3 Å². The molecule has 3 heterocycles. The number of carbonyl (C=O) groups excluding carboxylic acids is 2. The fourth-order valence-electron chi connectivity index (χ4n) is 7.28. The van der Waals surface area contributed by atoms with Gasteiger partial charge in [0.25, 0.3) is 0 Å². The summed E-state index contributed by atoms with van der Waals surface area (Å²) in [5.41, 5.74) is 0.600. The first-order valence-electron chi connectivity index (χ1n) is 14.7. The lowest BCUT2D eigenvalue weighted by atomic mass is 9.95. The Morgan fingerprint density at radius 3 is 2.54 bits per heavy atom. The van der Waals surface area contributed by atoms with Gasteiger partial charge in [0, 0.05) is 43.0 Å². The Morgan fingerprint density at radius 1 is 1.00 bits per heavy atom. The number of aromatic amines is 2. The average molecular weight is 557 g/mol. The van der Waals surface area contributed by atoms with Crippen LogP contribution >= 0.6 is 11.8 Å². The van der Waals surface area contributed by atoms with Crippen molar-refractivity contribution in [1.82, 2.24) is 40.1 Å². The highest BCUT2D eigenvalue weighted by atomic mass is 32.2. The number of nitrogens with one attached hydrogen (secondary N) is 3. The summed E-state index contributed by atoms with van der Waals surface area (Å²) in [5, 5.41) is 14.8. The largest absolute Gasteiger partial charge is 0.352 e. The van der Waals surface area contributed by atoms with E-state index in [1.54, 1.807) is 0 Å². The minimum Gasteiger partial charge on any atom is -0.352 e. The third kappa shape index (κ3) is 5.82. The zero-order valence-electron chi connectivity index (χ0n) is 22.5. The smallest absolute Gasteiger partial charge is 0.341 e. The molecular weight excluding hydrogens is 516 g/mol. The van der Waals surface area contributed by atoms with Gasteiger partial charge in [0.05, 0.1) is 18.0 Å². The van der Waals surface area contributed by atoms with Crippen LogP contribution in [0.25, 0.3) is 0 Å². The highest BCUT2D eigenvalue weighted by Gasteiger charge is 2.46. The molecule has 0 radical (unpaired) electrons. The molecule has 39 heavy (non-hydrogen) atoms. The standard InChI is InChI=1S/C27H40N8O3S/c36-23(17-39-27-30-26(38)31-32-27)33-13-14-34(22-12-6-11-21(22)33)24(25(37)29-19-7-4-5-8-19)18-15-28-35(16-18)20-9-2-1-3-10-20/h15-16,19-22,24H,1-14,17H2,(H,29,37)(H2,30,31,32,38)/t21-,22+,24?/m1/s1. The molecule has 12 heteroatoms. The Labute approximate surface area is 232 Å². The first-order valence-corrected chi connectivity index (χ1v) is 15.7. The molecule has 1 aliphatic heterocycles. The molecule has 3 saturated carbocycles. The van der Waals surface area contributed by atoms with Crippen molar-refractivity contribution in [2.75, 3.05) is 18.8 Å². The van der Waals surface area contributed by atoms with E-state index < -0.39 is 6.04 Å². The van der Waals surface area contributed by atoms with Crippen molar-refractivity contribution in [2.45, 2.75) is 112 Å². The number of hydrogen-bond acceptors (Lipinski definition) is 7. The molecule has 2 amide bonds. The summed E-state index contributed by atoms with van der Waals surface area (Å²) in [6.07, 6.45) is 17.5. The second kappa shape index (κ2) is 11.9. The van der Waals surface area contributed by atoms with Gasteiger partial charge >= 0.3 is 5.69 Å². The molecule has 11 nitrogen and oxygen atoms in total. The predicted octanol–water partition coefficient (Wildman–Crippen LogP) is 2.76. The average Bonchev–Trinajstić information content (AvgIpc) is 3.76. The van der Waals surface area contributed by atoms with Crippen LogP contribution in [0.2, 0.25) is 0 Å². The van der Waals surface area contributed by atoms with Crippen molar-refractivity contribution in [3.05, 3.63) is 28.4 Å². The number of thioether (sulfide) groups is 1. The Balaban J connectivity index is 1.20. The van der Waals surface area contributed by atoms with Gasteiger partial charge < -0.3 is 10.2 Å². The molecule has 0 bridgehead atoms. The van der Waals surface area contributed by atoms with Gasteiger partial charge in [-0.25, -0.2) is 9.89 Å². The van der Waals surface area contributed by atoms with Gasteiger partial charge in [-0.2, -0.15) is 5.10 Å². The molecule has 0 aromatic carbocycles. The maximum absolute atomic E-state index is 13.9. The van der Waals surface area contributed by atoms with Gasteiger partial charge in [-0.05, 0) is 44.9 Å². The summed E-state index contributed by atoms with van der Waals surface area (Å²) >= 11 is 1.24. The van der Waals surface area contributed by atoms with E-state index in [0.717, 1.165) is 50.5 Å². The highest BCUT2D eigenvalue weighted by Crippen LogP contribution is 2.38. The first-order chi connectivity index (χ1) is 19.1. The lowest BCUT2D eigenvalue weighted by molar-refractivity contribution is -0.138. The molecule has 212 valence electrons. The zero-order valence-corrected chi connectivity index (χ0v) is 23.3. The minimum atomic E-state index is -0.394. The van der Waals surface area contributed by atoms with Gasteiger partial charge in [0.15, 0.2) is 5.16 Å². The van der Waals surface area contributed by atoms with Crippen LogP contribution in [0.1, 0.15) is 94.7 Å². The summed E-state index contributed by atoms with van der Waals surface area (Å²) in [4.78, 5) is 45.5. The maximum atomic E-state index is 13.9. The van der Waals surface area contributed by atoms with Gasteiger partial charge in [-0.3, -0.25) is 24.2 Å². The topological polar surface area (TPSA) is 132 Å². The predicted molar refractivity (Wildman–Crippen MR) is 147 cm³/mol. The van der Waals surface area contributed by atoms with Crippen LogP contribution in [-0.4, -0.2) is 83.5 Å². The SMILES string of the molecule is O=C(NC1CCCC1)C(c1cnn(C2CCCCC2)c1)N1CCN(C(=O)CSc2n[nH]c(=O)[nH]2)[C@@H]2CCC[C@@H]21. The van der Waals surface area contributed by atoms with E-state index >= 15 is 0 Å². The summed E-state index contributed by atoms with van der Waals surface area (Å²) in [5.74, 6) is 0.357. The third-order valence-corrected chi connectivity index (χ3v) is 10.0. The number of piperazine rings is 1. The van der Waals surface area contributed by atoms with E-state index in [2.05, 4.69) is 36.3 Å². The van der Waals surface area contributed by atoms with Crippen LogP contribution in [0, 0.1) is 0 Å². The van der Waals surface area contributed by atoms with Gasteiger partial charge in [0.2, 0.25) is 11.8 Å². The minimum absolute atomic E-state index is 0.0532. The van der Waals surface area contributed by atoms with E-state index in [-0.39, 0.29) is 41.4 Å². The van der Waals surface area contributed by atoms with Crippen LogP contribution in [0.4, 0.5) is 0 Å². The van der Waals surface area contributed by atoms with Crippen molar-refractivity contribution in [1.29, 1.82) is 0 Å². The van der Waals surface area contributed by atoms with E-state index in [4.69, 9.17) is 5.10 Å². The third-order valence-electron chi connectivity index (χ3n) is 9.17. The van der Waals surface area contributed by atoms with E-state index in [1.165, 1.54) is 43.9 Å². The number of aromatic nitrogens is 5. The van der Waals surface area contributed by atoms with Crippen LogP contribution < -0.4 is 11.0 Å². The molecule has 4 fully saturated rings. The second-order valence-electron chi connectivity index (χ2n) is 11.6. The van der Waals surface area contributed by atoms with Crippen molar-refractivity contribution in [2.24, 2.45) is 0 Å². The summed E-state index contributed by atoms with van der Waals surface area (Å²) in [7, 11) is 0. The number of fused-ring (bicyclic) bond motifs is 1. The molecule has 1 unspecified atom stereocenters. The van der Waals surface area contributed by atoms with Crippen molar-refractivity contribution in [3.63, 3.8) is 0 Å². The van der Waals surface area contributed by atoms with E-state index in [1.807, 2.05) is 11.1 Å². The van der Waals surface area contributed by atoms with Gasteiger partial charge in [-0.1, -0.05) is 43.9 Å². The maximum Gasteiger partial charge on any atom is 0.341 e. The van der Waals surface area contributed by atoms with Crippen molar-refractivity contribution in [3.8, 4) is 0 Å².